The van der Waals surface area contributed by atoms with Crippen molar-refractivity contribution < 1.29 is 14.3 Å². The fourth-order valence-electron chi connectivity index (χ4n) is 2.89. The number of hydrogen-bond acceptors (Lipinski definition) is 5. The molecule has 0 radical (unpaired) electrons. The number of aryl methyl sites for hydroxylation is 1. The lowest BCUT2D eigenvalue weighted by atomic mass is 10.1. The molecule has 0 spiro atoms. The Balaban J connectivity index is 1.73. The van der Waals surface area contributed by atoms with Crippen molar-refractivity contribution in [2.24, 2.45) is 4.99 Å². The van der Waals surface area contributed by atoms with Gasteiger partial charge in [0.15, 0.2) is 17.1 Å². The van der Waals surface area contributed by atoms with Crippen LogP contribution in [0.25, 0.3) is 22.6 Å². The van der Waals surface area contributed by atoms with Gasteiger partial charge in [-0.1, -0.05) is 17.7 Å². The molecule has 0 fully saturated rings. The van der Waals surface area contributed by atoms with Gasteiger partial charge in [-0.15, -0.1) is 0 Å². The lowest BCUT2D eigenvalue weighted by molar-refractivity contribution is 0.373. The monoisotopic (exact) mass is 470 g/mol. The van der Waals surface area contributed by atoms with Crippen LogP contribution >= 0.6 is 27.5 Å². The number of halogens is 2. The molecule has 4 rings (SSSR count). The Labute approximate surface area is 180 Å². The average Bonchev–Trinajstić information content (AvgIpc) is 3.12. The number of nitrogens with zero attached hydrogens (tertiary/aromatic N) is 2. The zero-order valence-corrected chi connectivity index (χ0v) is 18.0. The van der Waals surface area contributed by atoms with Gasteiger partial charge in [-0.25, -0.2) is 4.98 Å². The Morgan fingerprint density at radius 2 is 2.00 bits per heavy atom. The summed E-state index contributed by atoms with van der Waals surface area (Å²) in [5, 5.41) is 11.0. The number of aromatic hydroxyl groups is 1. The lowest BCUT2D eigenvalue weighted by Crippen LogP contribution is -1.90. The van der Waals surface area contributed by atoms with Gasteiger partial charge in [0.1, 0.15) is 5.52 Å². The maximum absolute atomic E-state index is 10.4. The summed E-state index contributed by atoms with van der Waals surface area (Å²) in [7, 11) is 1.50. The molecule has 7 heteroatoms. The third-order valence-corrected chi connectivity index (χ3v) is 5.41. The highest BCUT2D eigenvalue weighted by Crippen LogP contribution is 2.35. The van der Waals surface area contributed by atoms with Gasteiger partial charge >= 0.3 is 0 Å². The molecular weight excluding hydrogens is 456 g/mol. The van der Waals surface area contributed by atoms with Gasteiger partial charge in [-0.05, 0) is 70.9 Å². The van der Waals surface area contributed by atoms with Crippen molar-refractivity contribution in [2.75, 3.05) is 7.11 Å². The fraction of sp³-hybridized carbons (Fsp3) is 0.0909. The number of hydrogen-bond donors (Lipinski definition) is 1. The summed E-state index contributed by atoms with van der Waals surface area (Å²) in [5.74, 6) is 0.893. The van der Waals surface area contributed by atoms with Gasteiger partial charge in [0.25, 0.3) is 0 Å². The molecule has 146 valence electrons. The van der Waals surface area contributed by atoms with Crippen molar-refractivity contribution in [3.63, 3.8) is 0 Å². The second-order valence-corrected chi connectivity index (χ2v) is 7.69. The Bertz CT molecular complexity index is 1250. The molecule has 0 atom stereocenters. The molecule has 1 heterocycles. The summed E-state index contributed by atoms with van der Waals surface area (Å²) in [6.07, 6.45) is 1.60. The largest absolute Gasteiger partial charge is 0.504 e. The van der Waals surface area contributed by atoms with E-state index >= 15 is 0 Å². The van der Waals surface area contributed by atoms with Crippen LogP contribution < -0.4 is 4.74 Å². The summed E-state index contributed by atoms with van der Waals surface area (Å²) in [5.41, 5.74) is 4.40. The zero-order valence-electron chi connectivity index (χ0n) is 15.6. The van der Waals surface area contributed by atoms with Gasteiger partial charge in [0.05, 0.1) is 18.4 Å². The topological polar surface area (TPSA) is 67.9 Å². The molecule has 3 aromatic carbocycles. The number of aliphatic imine (C=N–C) groups is 1. The van der Waals surface area contributed by atoms with Gasteiger partial charge < -0.3 is 14.3 Å². The van der Waals surface area contributed by atoms with Crippen LogP contribution in [0.1, 0.15) is 11.1 Å². The summed E-state index contributed by atoms with van der Waals surface area (Å²) in [4.78, 5) is 9.08. The molecular formula is C22H16BrClN2O3. The first kappa shape index (κ1) is 19.5. The predicted octanol–water partition coefficient (Wildman–Crippen LogP) is 6.68. The molecule has 4 aromatic rings. The molecule has 1 aromatic heterocycles. The number of oxazole rings is 1. The molecule has 0 saturated heterocycles. The second-order valence-electron chi connectivity index (χ2n) is 6.40. The highest BCUT2D eigenvalue weighted by atomic mass is 79.9. The minimum absolute atomic E-state index is 0.0234. The number of aromatic nitrogens is 1. The SMILES string of the molecule is COc1ccc(Br)c(C=Nc2cc(-c3nc4cc(Cl)ccc4o3)ccc2C)c1O. The normalized spacial score (nSPS) is 11.4. The summed E-state index contributed by atoms with van der Waals surface area (Å²) in [6, 6.07) is 14.6. The molecule has 1 N–H and O–H groups in total. The minimum Gasteiger partial charge on any atom is -0.504 e. The number of benzene rings is 3. The van der Waals surface area contributed by atoms with Crippen LogP contribution in [0.15, 0.2) is 62.4 Å². The van der Waals surface area contributed by atoms with Crippen LogP contribution in [0.4, 0.5) is 5.69 Å². The van der Waals surface area contributed by atoms with E-state index < -0.39 is 0 Å². The van der Waals surface area contributed by atoms with Crippen molar-refractivity contribution in [2.45, 2.75) is 6.92 Å². The Morgan fingerprint density at radius 3 is 2.79 bits per heavy atom. The van der Waals surface area contributed by atoms with Gasteiger partial charge in [-0.3, -0.25) is 4.99 Å². The average molecular weight is 472 g/mol. The van der Waals surface area contributed by atoms with Gasteiger partial charge in [-0.2, -0.15) is 0 Å². The van der Waals surface area contributed by atoms with Gasteiger partial charge in [0.2, 0.25) is 5.89 Å². The first-order valence-electron chi connectivity index (χ1n) is 8.73. The zero-order chi connectivity index (χ0) is 20.5. The van der Waals surface area contributed by atoms with Crippen molar-refractivity contribution >= 4 is 50.5 Å². The molecule has 0 unspecified atom stereocenters. The predicted molar refractivity (Wildman–Crippen MR) is 119 cm³/mol. The molecule has 29 heavy (non-hydrogen) atoms. The van der Waals surface area contributed by atoms with Crippen molar-refractivity contribution in [3.8, 4) is 23.0 Å². The highest BCUT2D eigenvalue weighted by Gasteiger charge is 2.12. The molecule has 0 bridgehead atoms. The maximum Gasteiger partial charge on any atom is 0.227 e. The van der Waals surface area contributed by atoms with E-state index in [2.05, 4.69) is 25.9 Å². The van der Waals surface area contributed by atoms with E-state index in [0.29, 0.717) is 37.8 Å². The molecule has 5 nitrogen and oxygen atoms in total. The molecule has 0 saturated carbocycles. The Kier molecular flexibility index (Phi) is 5.30. The van der Waals surface area contributed by atoms with E-state index in [4.69, 9.17) is 20.8 Å². The number of fused-ring (bicyclic) bond motifs is 1. The van der Waals surface area contributed by atoms with E-state index in [9.17, 15) is 5.11 Å². The number of ether oxygens (including phenoxy) is 1. The van der Waals surface area contributed by atoms with Crippen molar-refractivity contribution in [1.82, 2.24) is 4.98 Å². The number of methoxy groups -OCH3 is 1. The molecule has 0 aliphatic carbocycles. The third-order valence-electron chi connectivity index (χ3n) is 4.49. The van der Waals surface area contributed by atoms with E-state index in [1.807, 2.05) is 25.1 Å². The van der Waals surface area contributed by atoms with Crippen molar-refractivity contribution in [1.29, 1.82) is 0 Å². The summed E-state index contributed by atoms with van der Waals surface area (Å²) in [6.45, 7) is 1.96. The standard InChI is InChI=1S/C22H16BrClN2O3/c1-12-3-4-13(22-26-18-10-14(24)5-7-19(18)29-22)9-17(12)25-11-15-16(23)6-8-20(28-2)21(15)27/h3-11,27H,1-2H3. The lowest BCUT2D eigenvalue weighted by Gasteiger charge is -2.08. The number of rotatable bonds is 4. The first-order chi connectivity index (χ1) is 14.0. The van der Waals surface area contributed by atoms with E-state index in [-0.39, 0.29) is 5.75 Å². The maximum atomic E-state index is 10.4. The fourth-order valence-corrected chi connectivity index (χ4v) is 3.48. The van der Waals surface area contributed by atoms with Crippen LogP contribution in [0.2, 0.25) is 5.02 Å². The third kappa shape index (κ3) is 3.86. The van der Waals surface area contributed by atoms with Crippen LogP contribution in [0.3, 0.4) is 0 Å². The minimum atomic E-state index is 0.0234. The number of phenols is 1. The molecule has 0 amide bonds. The Morgan fingerprint density at radius 1 is 1.17 bits per heavy atom. The van der Waals surface area contributed by atoms with Crippen LogP contribution in [-0.4, -0.2) is 23.4 Å². The quantitative estimate of drug-likeness (QED) is 0.337. The van der Waals surface area contributed by atoms with Crippen LogP contribution in [-0.2, 0) is 0 Å². The smallest absolute Gasteiger partial charge is 0.227 e. The van der Waals surface area contributed by atoms with Crippen molar-refractivity contribution in [3.05, 3.63) is 69.2 Å². The second kappa shape index (κ2) is 7.89. The van der Waals surface area contributed by atoms with E-state index in [0.717, 1.165) is 16.8 Å². The number of phenolic OH excluding ortho intramolecular Hbond substituents is 1. The summed E-state index contributed by atoms with van der Waals surface area (Å²) < 4.78 is 11.7. The van der Waals surface area contributed by atoms with Gasteiger partial charge in [0, 0.05) is 21.3 Å². The molecule has 0 aliphatic heterocycles. The molecule has 0 aliphatic rings. The first-order valence-corrected chi connectivity index (χ1v) is 9.90. The highest BCUT2D eigenvalue weighted by molar-refractivity contribution is 9.10. The van der Waals surface area contributed by atoms with E-state index in [1.54, 1.807) is 36.5 Å². The van der Waals surface area contributed by atoms with Crippen LogP contribution in [0, 0.1) is 6.92 Å². The Hall–Kier alpha value is -2.83. The summed E-state index contributed by atoms with van der Waals surface area (Å²) >= 11 is 9.47. The van der Waals surface area contributed by atoms with Crippen LogP contribution in [0.5, 0.6) is 11.5 Å². The van der Waals surface area contributed by atoms with E-state index in [1.165, 1.54) is 7.11 Å².